The van der Waals surface area contributed by atoms with E-state index in [1.165, 1.54) is 11.8 Å². The molecular formula is C24H23N3O2S. The number of benzene rings is 2. The Morgan fingerprint density at radius 2 is 1.97 bits per heavy atom. The van der Waals surface area contributed by atoms with Gasteiger partial charge in [0.25, 0.3) is 0 Å². The highest BCUT2D eigenvalue weighted by atomic mass is 32.2. The highest BCUT2D eigenvalue weighted by molar-refractivity contribution is 8.14. The number of aromatic nitrogens is 2. The number of rotatable bonds is 6. The van der Waals surface area contributed by atoms with Gasteiger partial charge in [0, 0.05) is 29.8 Å². The predicted molar refractivity (Wildman–Crippen MR) is 123 cm³/mol. The molecule has 1 aliphatic rings. The standard InChI is InChI=1S/C24H23N3O2S/c1-3-12-30-24(28)16-8-11-18-19(13-16)26-23(27(2)17-9-10-17)22(25-18)21-14-15-6-4-5-7-20(15)29-21/h4-8,11,13-14,17H,3,9-10,12H2,1-2H3. The van der Waals surface area contributed by atoms with Crippen molar-refractivity contribution >= 4 is 44.7 Å². The van der Waals surface area contributed by atoms with Gasteiger partial charge in [-0.1, -0.05) is 36.9 Å². The molecule has 1 aliphatic carbocycles. The van der Waals surface area contributed by atoms with Gasteiger partial charge < -0.3 is 9.32 Å². The first kappa shape index (κ1) is 19.1. The van der Waals surface area contributed by atoms with E-state index in [-0.39, 0.29) is 5.12 Å². The third kappa shape index (κ3) is 3.56. The number of carbonyl (C=O) groups is 1. The molecule has 0 amide bonds. The maximum atomic E-state index is 12.5. The van der Waals surface area contributed by atoms with Gasteiger partial charge in [0.05, 0.1) is 11.0 Å². The van der Waals surface area contributed by atoms with E-state index in [4.69, 9.17) is 14.4 Å². The number of anilines is 1. The molecule has 0 unspecified atom stereocenters. The average molecular weight is 418 g/mol. The molecule has 0 atom stereocenters. The molecule has 2 heterocycles. The van der Waals surface area contributed by atoms with E-state index in [0.29, 0.717) is 17.4 Å². The van der Waals surface area contributed by atoms with E-state index in [0.717, 1.165) is 58.5 Å². The van der Waals surface area contributed by atoms with Gasteiger partial charge in [-0.3, -0.25) is 4.79 Å². The van der Waals surface area contributed by atoms with Crippen molar-refractivity contribution in [1.82, 2.24) is 9.97 Å². The van der Waals surface area contributed by atoms with E-state index in [2.05, 4.69) is 18.9 Å². The molecule has 0 N–H and O–H groups in total. The lowest BCUT2D eigenvalue weighted by Crippen LogP contribution is -2.22. The second-order valence-electron chi connectivity index (χ2n) is 7.73. The summed E-state index contributed by atoms with van der Waals surface area (Å²) in [4.78, 5) is 24.5. The molecule has 0 bridgehead atoms. The molecule has 5 rings (SSSR count). The molecule has 0 aliphatic heterocycles. The minimum Gasteiger partial charge on any atom is -0.454 e. The van der Waals surface area contributed by atoms with Crippen LogP contribution in [0.1, 0.15) is 36.5 Å². The van der Waals surface area contributed by atoms with Gasteiger partial charge in [0.1, 0.15) is 11.3 Å². The van der Waals surface area contributed by atoms with Crippen molar-refractivity contribution in [3.63, 3.8) is 0 Å². The summed E-state index contributed by atoms with van der Waals surface area (Å²) in [7, 11) is 2.06. The molecule has 1 saturated carbocycles. The first-order chi connectivity index (χ1) is 14.6. The van der Waals surface area contributed by atoms with Crippen molar-refractivity contribution < 1.29 is 9.21 Å². The number of para-hydroxylation sites is 1. The first-order valence-electron chi connectivity index (χ1n) is 10.3. The smallest absolute Gasteiger partial charge is 0.219 e. The monoisotopic (exact) mass is 417 g/mol. The fourth-order valence-corrected chi connectivity index (χ4v) is 4.28. The number of thioether (sulfide) groups is 1. The van der Waals surface area contributed by atoms with Crippen molar-refractivity contribution in [3.05, 3.63) is 54.1 Å². The topological polar surface area (TPSA) is 59.2 Å². The minimum absolute atomic E-state index is 0.0824. The molecule has 0 saturated heterocycles. The lowest BCUT2D eigenvalue weighted by Gasteiger charge is -2.20. The number of carbonyl (C=O) groups excluding carboxylic acids is 1. The zero-order valence-corrected chi connectivity index (χ0v) is 17.9. The normalized spacial score (nSPS) is 13.8. The van der Waals surface area contributed by atoms with Crippen LogP contribution in [-0.4, -0.2) is 33.9 Å². The molecule has 2 aromatic carbocycles. The summed E-state index contributed by atoms with van der Waals surface area (Å²) in [5.41, 5.74) is 3.75. The second-order valence-corrected chi connectivity index (χ2v) is 8.79. The minimum atomic E-state index is 0.0824. The van der Waals surface area contributed by atoms with Crippen LogP contribution in [0.2, 0.25) is 0 Å². The summed E-state index contributed by atoms with van der Waals surface area (Å²) in [6.45, 7) is 2.08. The van der Waals surface area contributed by atoms with Gasteiger partial charge in [0.15, 0.2) is 11.6 Å². The second kappa shape index (κ2) is 7.76. The first-order valence-corrected chi connectivity index (χ1v) is 11.3. The van der Waals surface area contributed by atoms with E-state index < -0.39 is 0 Å². The van der Waals surface area contributed by atoms with E-state index in [1.54, 1.807) is 0 Å². The Kier molecular flexibility index (Phi) is 4.95. The number of furan rings is 1. The molecule has 2 aromatic heterocycles. The number of nitrogens with zero attached hydrogens (tertiary/aromatic N) is 3. The Bertz CT molecular complexity index is 1210. The quantitative estimate of drug-likeness (QED) is 0.388. The Morgan fingerprint density at radius 1 is 1.13 bits per heavy atom. The molecule has 1 fully saturated rings. The summed E-state index contributed by atoms with van der Waals surface area (Å²) >= 11 is 1.35. The van der Waals surface area contributed by atoms with Crippen LogP contribution >= 0.6 is 11.8 Å². The SMILES string of the molecule is CCCSC(=O)c1ccc2nc(-c3cc4ccccc4o3)c(N(C)C3CC3)nc2c1. The van der Waals surface area contributed by atoms with Crippen molar-refractivity contribution in [1.29, 1.82) is 0 Å². The van der Waals surface area contributed by atoms with Crippen LogP contribution in [0.15, 0.2) is 52.9 Å². The third-order valence-corrected chi connectivity index (χ3v) is 6.52. The Hall–Kier alpha value is -2.86. The fraction of sp³-hybridized carbons (Fsp3) is 0.292. The van der Waals surface area contributed by atoms with Crippen molar-refractivity contribution in [2.75, 3.05) is 17.7 Å². The molecular weight excluding hydrogens is 394 g/mol. The number of hydrogen-bond donors (Lipinski definition) is 0. The fourth-order valence-electron chi connectivity index (χ4n) is 3.59. The molecule has 4 aromatic rings. The van der Waals surface area contributed by atoms with Gasteiger partial charge in [-0.15, -0.1) is 0 Å². The van der Waals surface area contributed by atoms with E-state index in [9.17, 15) is 4.79 Å². The van der Waals surface area contributed by atoms with Gasteiger partial charge in [0.2, 0.25) is 5.12 Å². The Morgan fingerprint density at radius 3 is 2.73 bits per heavy atom. The summed E-state index contributed by atoms with van der Waals surface area (Å²) in [5, 5.41) is 1.13. The van der Waals surface area contributed by atoms with Crippen LogP contribution in [0.5, 0.6) is 0 Å². The number of hydrogen-bond acceptors (Lipinski definition) is 6. The molecule has 152 valence electrons. The van der Waals surface area contributed by atoms with E-state index in [1.807, 2.05) is 48.5 Å². The maximum absolute atomic E-state index is 12.5. The summed E-state index contributed by atoms with van der Waals surface area (Å²) in [5.74, 6) is 2.34. The molecule has 0 radical (unpaired) electrons. The highest BCUT2D eigenvalue weighted by Crippen LogP contribution is 2.37. The van der Waals surface area contributed by atoms with Crippen LogP contribution in [0.25, 0.3) is 33.5 Å². The predicted octanol–water partition coefficient (Wildman–Crippen LogP) is 5.93. The van der Waals surface area contributed by atoms with Crippen molar-refractivity contribution in [2.45, 2.75) is 32.2 Å². The lowest BCUT2D eigenvalue weighted by atomic mass is 10.2. The molecule has 0 spiro atoms. The Labute approximate surface area is 179 Å². The van der Waals surface area contributed by atoms with Gasteiger partial charge in [-0.2, -0.15) is 0 Å². The third-order valence-electron chi connectivity index (χ3n) is 5.41. The van der Waals surface area contributed by atoms with Crippen LogP contribution in [-0.2, 0) is 0 Å². The molecule has 5 nitrogen and oxygen atoms in total. The zero-order valence-electron chi connectivity index (χ0n) is 17.1. The number of fused-ring (bicyclic) bond motifs is 2. The average Bonchev–Trinajstić information content (AvgIpc) is 3.54. The van der Waals surface area contributed by atoms with Crippen LogP contribution in [0, 0.1) is 0 Å². The van der Waals surface area contributed by atoms with Gasteiger partial charge >= 0.3 is 0 Å². The van der Waals surface area contributed by atoms with Crippen LogP contribution in [0.4, 0.5) is 5.82 Å². The van der Waals surface area contributed by atoms with Crippen molar-refractivity contribution in [3.8, 4) is 11.5 Å². The summed E-state index contributed by atoms with van der Waals surface area (Å²) in [6, 6.07) is 16.0. The summed E-state index contributed by atoms with van der Waals surface area (Å²) < 4.78 is 6.11. The zero-order chi connectivity index (χ0) is 20.7. The van der Waals surface area contributed by atoms with Gasteiger partial charge in [-0.05, 0) is 49.6 Å². The highest BCUT2D eigenvalue weighted by Gasteiger charge is 2.30. The maximum Gasteiger partial charge on any atom is 0.219 e. The largest absolute Gasteiger partial charge is 0.454 e. The van der Waals surface area contributed by atoms with E-state index >= 15 is 0 Å². The summed E-state index contributed by atoms with van der Waals surface area (Å²) in [6.07, 6.45) is 3.28. The Balaban J connectivity index is 1.63. The van der Waals surface area contributed by atoms with Crippen LogP contribution in [0.3, 0.4) is 0 Å². The van der Waals surface area contributed by atoms with Gasteiger partial charge in [-0.25, -0.2) is 9.97 Å². The van der Waals surface area contributed by atoms with Crippen LogP contribution < -0.4 is 4.90 Å². The molecule has 6 heteroatoms. The lowest BCUT2D eigenvalue weighted by molar-refractivity contribution is 0.108. The van der Waals surface area contributed by atoms with Crippen molar-refractivity contribution in [2.24, 2.45) is 0 Å². The molecule has 30 heavy (non-hydrogen) atoms.